The Kier molecular flexibility index (Phi) is 4.87. The molecule has 7 nitrogen and oxygen atoms in total. The lowest BCUT2D eigenvalue weighted by Gasteiger charge is -2.35. The van der Waals surface area contributed by atoms with Crippen LogP contribution in [0.1, 0.15) is 23.3 Å². The van der Waals surface area contributed by atoms with Crippen LogP contribution in [-0.2, 0) is 9.53 Å². The Bertz CT molecular complexity index is 504. The number of hydrogen-bond acceptors (Lipinski definition) is 5. The molecule has 1 aliphatic heterocycles. The van der Waals surface area contributed by atoms with Crippen LogP contribution < -0.4 is 10.6 Å². The van der Waals surface area contributed by atoms with Gasteiger partial charge in [-0.2, -0.15) is 0 Å². The van der Waals surface area contributed by atoms with E-state index in [9.17, 15) is 9.59 Å². The van der Waals surface area contributed by atoms with E-state index in [-0.39, 0.29) is 11.6 Å². The minimum Gasteiger partial charge on any atom is -0.477 e. The third-order valence-electron chi connectivity index (χ3n) is 3.70. The Morgan fingerprint density at radius 2 is 2.14 bits per heavy atom. The summed E-state index contributed by atoms with van der Waals surface area (Å²) in [6.45, 7) is 1.90. The highest BCUT2D eigenvalue weighted by molar-refractivity contribution is 5.95. The van der Waals surface area contributed by atoms with E-state index in [4.69, 9.17) is 9.84 Å². The number of hydrogen-bond donors (Lipinski definition) is 3. The highest BCUT2D eigenvalue weighted by Crippen LogP contribution is 2.30. The van der Waals surface area contributed by atoms with Gasteiger partial charge in [-0.25, -0.2) is 9.78 Å². The first-order valence-corrected chi connectivity index (χ1v) is 6.78. The van der Waals surface area contributed by atoms with E-state index in [0.717, 1.165) is 13.1 Å². The second-order valence-corrected chi connectivity index (χ2v) is 5.15. The van der Waals surface area contributed by atoms with Crippen LogP contribution in [0.15, 0.2) is 18.3 Å². The highest BCUT2D eigenvalue weighted by atomic mass is 16.5. The number of amides is 1. The third-order valence-corrected chi connectivity index (χ3v) is 3.70. The molecule has 1 amide bonds. The Morgan fingerprint density at radius 3 is 2.67 bits per heavy atom. The number of carbonyl (C=O) groups excluding carboxylic acids is 1. The van der Waals surface area contributed by atoms with E-state index in [1.54, 1.807) is 7.11 Å². The number of nitrogens with one attached hydrogen (secondary N) is 2. The molecule has 1 fully saturated rings. The first-order chi connectivity index (χ1) is 10.1. The van der Waals surface area contributed by atoms with Crippen molar-refractivity contribution < 1.29 is 19.4 Å². The summed E-state index contributed by atoms with van der Waals surface area (Å²) < 4.78 is 5.21. The molecule has 0 saturated carbocycles. The Labute approximate surface area is 122 Å². The minimum absolute atomic E-state index is 0.0542. The molecule has 0 aliphatic carbocycles. The van der Waals surface area contributed by atoms with Crippen LogP contribution >= 0.6 is 0 Å². The Balaban J connectivity index is 2.09. The molecule has 0 unspecified atom stereocenters. The van der Waals surface area contributed by atoms with E-state index < -0.39 is 11.4 Å². The lowest BCUT2D eigenvalue weighted by atomic mass is 9.78. The molecule has 0 spiro atoms. The number of anilines is 1. The monoisotopic (exact) mass is 293 g/mol. The van der Waals surface area contributed by atoms with Gasteiger partial charge in [0.2, 0.25) is 5.91 Å². The van der Waals surface area contributed by atoms with Crippen molar-refractivity contribution in [1.29, 1.82) is 0 Å². The zero-order valence-electron chi connectivity index (χ0n) is 11.9. The van der Waals surface area contributed by atoms with Crippen molar-refractivity contribution in [3.05, 3.63) is 24.0 Å². The van der Waals surface area contributed by atoms with Crippen LogP contribution in [0, 0.1) is 5.41 Å². The number of carbonyl (C=O) groups is 2. The first kappa shape index (κ1) is 15.4. The molecule has 3 N–H and O–H groups in total. The number of rotatable bonds is 5. The minimum atomic E-state index is -1.10. The lowest BCUT2D eigenvalue weighted by Crippen LogP contribution is -2.47. The van der Waals surface area contributed by atoms with Gasteiger partial charge in [0, 0.05) is 7.11 Å². The third kappa shape index (κ3) is 3.56. The number of aromatic nitrogens is 1. The van der Waals surface area contributed by atoms with Gasteiger partial charge >= 0.3 is 5.97 Å². The average molecular weight is 293 g/mol. The Hall–Kier alpha value is -1.99. The predicted octanol–water partition coefficient (Wildman–Crippen LogP) is 0.734. The molecule has 21 heavy (non-hydrogen) atoms. The molecule has 0 atom stereocenters. The van der Waals surface area contributed by atoms with E-state index in [0.29, 0.717) is 25.1 Å². The normalized spacial score (nSPS) is 17.2. The molecule has 1 aliphatic rings. The maximum Gasteiger partial charge on any atom is 0.354 e. The number of methoxy groups -OCH3 is 1. The van der Waals surface area contributed by atoms with Crippen LogP contribution in [0.5, 0.6) is 0 Å². The highest BCUT2D eigenvalue weighted by Gasteiger charge is 2.39. The summed E-state index contributed by atoms with van der Waals surface area (Å²) in [5, 5.41) is 14.8. The summed E-state index contributed by atoms with van der Waals surface area (Å²) >= 11 is 0. The number of nitrogens with zero attached hydrogens (tertiary/aromatic N) is 1. The van der Waals surface area contributed by atoms with Crippen LogP contribution in [-0.4, -0.2) is 48.8 Å². The number of carboxylic acids is 1. The van der Waals surface area contributed by atoms with Crippen LogP contribution in [0.4, 0.5) is 5.69 Å². The topological polar surface area (TPSA) is 101 Å². The quantitative estimate of drug-likeness (QED) is 0.740. The second-order valence-electron chi connectivity index (χ2n) is 5.15. The summed E-state index contributed by atoms with van der Waals surface area (Å²) in [7, 11) is 1.58. The van der Waals surface area contributed by atoms with Crippen molar-refractivity contribution in [2.45, 2.75) is 12.8 Å². The first-order valence-electron chi connectivity index (χ1n) is 6.78. The maximum absolute atomic E-state index is 12.5. The van der Waals surface area contributed by atoms with Gasteiger partial charge < -0.3 is 20.5 Å². The number of pyridine rings is 1. The molecule has 2 rings (SSSR count). The van der Waals surface area contributed by atoms with E-state index >= 15 is 0 Å². The summed E-state index contributed by atoms with van der Waals surface area (Å²) in [6, 6.07) is 2.90. The summed E-state index contributed by atoms with van der Waals surface area (Å²) in [5.41, 5.74) is -0.119. The predicted molar refractivity (Wildman–Crippen MR) is 76.2 cm³/mol. The van der Waals surface area contributed by atoms with Crippen molar-refractivity contribution in [3.63, 3.8) is 0 Å². The van der Waals surface area contributed by atoms with Gasteiger partial charge in [0.05, 0.1) is 23.9 Å². The molecule has 0 radical (unpaired) electrons. The number of ether oxygens (including phenoxy) is 1. The standard InChI is InChI=1S/C14H19N3O4/c1-21-9-14(4-6-15-7-5-14)13(20)17-10-2-3-11(12(18)19)16-8-10/h2-3,8,15H,4-7,9H2,1H3,(H,17,20)(H,18,19). The Morgan fingerprint density at radius 1 is 1.43 bits per heavy atom. The summed E-state index contributed by atoms with van der Waals surface area (Å²) in [5.74, 6) is -1.21. The van der Waals surface area contributed by atoms with Crippen molar-refractivity contribution in [3.8, 4) is 0 Å². The molecule has 1 saturated heterocycles. The maximum atomic E-state index is 12.5. The molecular formula is C14H19N3O4. The number of aromatic carboxylic acids is 1. The zero-order valence-corrected chi connectivity index (χ0v) is 11.9. The fourth-order valence-electron chi connectivity index (χ4n) is 2.48. The largest absolute Gasteiger partial charge is 0.477 e. The van der Waals surface area contributed by atoms with E-state index in [1.165, 1.54) is 18.3 Å². The van der Waals surface area contributed by atoms with E-state index in [2.05, 4.69) is 15.6 Å². The zero-order chi connectivity index (χ0) is 15.3. The van der Waals surface area contributed by atoms with Crippen LogP contribution in [0.3, 0.4) is 0 Å². The van der Waals surface area contributed by atoms with Crippen molar-refractivity contribution >= 4 is 17.6 Å². The number of carboxylic acid groups (broad SMARTS) is 1. The van der Waals surface area contributed by atoms with Gasteiger partial charge in [-0.1, -0.05) is 0 Å². The van der Waals surface area contributed by atoms with Crippen molar-refractivity contribution in [2.75, 3.05) is 32.1 Å². The van der Waals surface area contributed by atoms with E-state index in [1.807, 2.05) is 0 Å². The van der Waals surface area contributed by atoms with Gasteiger partial charge in [0.1, 0.15) is 5.69 Å². The lowest BCUT2D eigenvalue weighted by molar-refractivity contribution is -0.130. The number of piperidine rings is 1. The van der Waals surface area contributed by atoms with Crippen LogP contribution in [0.25, 0.3) is 0 Å². The average Bonchev–Trinajstić information content (AvgIpc) is 2.49. The summed E-state index contributed by atoms with van der Waals surface area (Å²) in [6.07, 6.45) is 2.75. The van der Waals surface area contributed by atoms with Gasteiger partial charge in [0.25, 0.3) is 0 Å². The van der Waals surface area contributed by atoms with Gasteiger partial charge in [-0.05, 0) is 38.1 Å². The van der Waals surface area contributed by atoms with Gasteiger partial charge in [0.15, 0.2) is 0 Å². The SMILES string of the molecule is COCC1(C(=O)Nc2ccc(C(=O)O)nc2)CCNCC1. The molecule has 2 heterocycles. The molecule has 7 heteroatoms. The van der Waals surface area contributed by atoms with Gasteiger partial charge in [-0.15, -0.1) is 0 Å². The molecule has 1 aromatic rings. The fraction of sp³-hybridized carbons (Fsp3) is 0.500. The van der Waals surface area contributed by atoms with Crippen LogP contribution in [0.2, 0.25) is 0 Å². The molecular weight excluding hydrogens is 274 g/mol. The molecule has 0 aromatic carbocycles. The molecule has 0 bridgehead atoms. The fourth-order valence-corrected chi connectivity index (χ4v) is 2.48. The van der Waals surface area contributed by atoms with Crippen molar-refractivity contribution in [2.24, 2.45) is 5.41 Å². The second kappa shape index (κ2) is 6.64. The molecule has 114 valence electrons. The van der Waals surface area contributed by atoms with Crippen molar-refractivity contribution in [1.82, 2.24) is 10.3 Å². The van der Waals surface area contributed by atoms with Gasteiger partial charge in [-0.3, -0.25) is 4.79 Å². The smallest absolute Gasteiger partial charge is 0.354 e. The summed E-state index contributed by atoms with van der Waals surface area (Å²) in [4.78, 5) is 27.1. The molecule has 1 aromatic heterocycles.